The number of nitrogens with zero attached hydrogens (tertiary/aromatic N) is 1. The van der Waals surface area contributed by atoms with Gasteiger partial charge in [0, 0.05) is 10.5 Å². The minimum atomic E-state index is -0.833. The molecule has 2 N–H and O–H groups in total. The summed E-state index contributed by atoms with van der Waals surface area (Å²) >= 11 is 3.28. The lowest BCUT2D eigenvalue weighted by atomic mass is 10.3. The van der Waals surface area contributed by atoms with Gasteiger partial charge in [0.1, 0.15) is 5.75 Å². The predicted octanol–water partition coefficient (Wildman–Crippen LogP) is 1.13. The third-order valence-corrected chi connectivity index (χ3v) is 3.22. The fourth-order valence-corrected chi connectivity index (χ4v) is 1.82. The molecule has 2 amide bonds. The van der Waals surface area contributed by atoms with Crippen molar-refractivity contribution in [3.8, 4) is 5.75 Å². The van der Waals surface area contributed by atoms with E-state index in [2.05, 4.69) is 31.9 Å². The van der Waals surface area contributed by atoms with E-state index in [9.17, 15) is 14.4 Å². The number of amides is 2. The van der Waals surface area contributed by atoms with Gasteiger partial charge >= 0.3 is 5.97 Å². The van der Waals surface area contributed by atoms with Crippen molar-refractivity contribution in [1.82, 2.24) is 16.0 Å². The van der Waals surface area contributed by atoms with Crippen LogP contribution in [0.1, 0.15) is 16.2 Å². The van der Waals surface area contributed by atoms with Crippen molar-refractivity contribution in [2.75, 3.05) is 13.2 Å². The van der Waals surface area contributed by atoms with Crippen molar-refractivity contribution in [2.45, 2.75) is 6.92 Å². The van der Waals surface area contributed by atoms with Gasteiger partial charge in [-0.15, -0.1) is 0 Å². The molecular formula is C15H14BrN3O6. The fourth-order valence-electron chi connectivity index (χ4n) is 1.55. The summed E-state index contributed by atoms with van der Waals surface area (Å²) in [5.74, 6) is -1.74. The van der Waals surface area contributed by atoms with Crippen LogP contribution in [0.2, 0.25) is 0 Å². The lowest BCUT2D eigenvalue weighted by Gasteiger charge is -2.09. The van der Waals surface area contributed by atoms with Crippen LogP contribution >= 0.6 is 15.9 Å². The van der Waals surface area contributed by atoms with Gasteiger partial charge in [0.15, 0.2) is 13.2 Å². The van der Waals surface area contributed by atoms with Crippen LogP contribution in [0.4, 0.5) is 0 Å². The Labute approximate surface area is 150 Å². The van der Waals surface area contributed by atoms with Gasteiger partial charge in [0.2, 0.25) is 5.76 Å². The molecule has 0 radical (unpaired) electrons. The van der Waals surface area contributed by atoms with Crippen LogP contribution in [0.3, 0.4) is 0 Å². The first-order valence-electron chi connectivity index (χ1n) is 7.00. The van der Waals surface area contributed by atoms with E-state index in [-0.39, 0.29) is 12.4 Å². The number of rotatable bonds is 6. The first kappa shape index (κ1) is 18.5. The minimum absolute atomic E-state index is 0.114. The lowest BCUT2D eigenvalue weighted by molar-refractivity contribution is -0.131. The Hall–Kier alpha value is -2.88. The van der Waals surface area contributed by atoms with Crippen molar-refractivity contribution in [2.24, 2.45) is 0 Å². The highest BCUT2D eigenvalue weighted by Crippen LogP contribution is 2.15. The van der Waals surface area contributed by atoms with E-state index >= 15 is 0 Å². The van der Waals surface area contributed by atoms with Crippen LogP contribution in [0, 0.1) is 6.92 Å². The number of carbonyl (C=O) groups excluding carboxylic acids is 3. The normalized spacial score (nSPS) is 10.0. The lowest BCUT2D eigenvalue weighted by Crippen LogP contribution is -2.45. The van der Waals surface area contributed by atoms with Gasteiger partial charge in [-0.2, -0.15) is 0 Å². The fraction of sp³-hybridized carbons (Fsp3) is 0.200. The third-order valence-electron chi connectivity index (χ3n) is 2.69. The quantitative estimate of drug-likeness (QED) is 0.539. The number of hydrogen-bond acceptors (Lipinski definition) is 7. The number of ether oxygens (including phenoxy) is 2. The molecule has 2 aromatic rings. The Morgan fingerprint density at radius 2 is 1.76 bits per heavy atom. The zero-order chi connectivity index (χ0) is 18.2. The molecule has 0 fully saturated rings. The summed E-state index contributed by atoms with van der Waals surface area (Å²) in [5, 5.41) is 3.52. The maximum Gasteiger partial charge on any atom is 0.377 e. The van der Waals surface area contributed by atoms with Crippen LogP contribution in [0.5, 0.6) is 5.75 Å². The molecule has 25 heavy (non-hydrogen) atoms. The number of aromatic nitrogens is 1. The largest absolute Gasteiger partial charge is 0.484 e. The summed E-state index contributed by atoms with van der Waals surface area (Å²) in [7, 11) is 0. The highest BCUT2D eigenvalue weighted by Gasteiger charge is 2.15. The summed E-state index contributed by atoms with van der Waals surface area (Å²) in [5.41, 5.74) is 4.73. The Balaban J connectivity index is 1.64. The number of aryl methyl sites for hydroxylation is 1. The van der Waals surface area contributed by atoms with E-state index in [0.717, 1.165) is 4.47 Å². The van der Waals surface area contributed by atoms with E-state index in [4.69, 9.17) is 14.0 Å². The Kier molecular flexibility index (Phi) is 6.52. The molecule has 0 aliphatic heterocycles. The van der Waals surface area contributed by atoms with Crippen molar-refractivity contribution >= 4 is 33.7 Å². The van der Waals surface area contributed by atoms with Crippen LogP contribution in [0.25, 0.3) is 0 Å². The van der Waals surface area contributed by atoms with Crippen LogP contribution in [-0.2, 0) is 14.3 Å². The van der Waals surface area contributed by atoms with Gasteiger partial charge in [-0.05, 0) is 31.2 Å². The molecule has 0 aliphatic carbocycles. The van der Waals surface area contributed by atoms with E-state index in [1.54, 1.807) is 31.2 Å². The summed E-state index contributed by atoms with van der Waals surface area (Å²) in [6.07, 6.45) is 0. The number of carbonyl (C=O) groups is 3. The summed E-state index contributed by atoms with van der Waals surface area (Å²) in [6.45, 7) is 0.754. The van der Waals surface area contributed by atoms with Crippen molar-refractivity contribution in [3.63, 3.8) is 0 Å². The van der Waals surface area contributed by atoms with Crippen LogP contribution in [0.15, 0.2) is 39.3 Å². The molecule has 2 rings (SSSR count). The topological polar surface area (TPSA) is 120 Å². The highest BCUT2D eigenvalue weighted by molar-refractivity contribution is 9.10. The van der Waals surface area contributed by atoms with Gasteiger partial charge < -0.3 is 14.0 Å². The predicted molar refractivity (Wildman–Crippen MR) is 87.4 cm³/mol. The average molecular weight is 412 g/mol. The third kappa shape index (κ3) is 6.26. The SMILES string of the molecule is Cc1cc(C(=O)OCC(=O)NNC(=O)COc2ccc(Br)cc2)on1. The van der Waals surface area contributed by atoms with E-state index in [1.807, 2.05) is 0 Å². The second-order valence-corrected chi connectivity index (χ2v) is 5.66. The molecule has 0 saturated carbocycles. The molecule has 10 heteroatoms. The molecule has 1 heterocycles. The van der Waals surface area contributed by atoms with Crippen molar-refractivity contribution in [1.29, 1.82) is 0 Å². The zero-order valence-corrected chi connectivity index (χ0v) is 14.7. The first-order chi connectivity index (χ1) is 11.9. The molecule has 0 aliphatic rings. The Morgan fingerprint density at radius 3 is 2.36 bits per heavy atom. The first-order valence-corrected chi connectivity index (χ1v) is 7.80. The Bertz CT molecular complexity index is 759. The maximum atomic E-state index is 11.6. The average Bonchev–Trinajstić information content (AvgIpc) is 3.04. The van der Waals surface area contributed by atoms with Gasteiger partial charge in [-0.25, -0.2) is 4.79 Å². The number of halogens is 1. The standard InChI is InChI=1S/C15H14BrN3O6/c1-9-6-12(25-19-9)15(22)24-8-14(21)18-17-13(20)7-23-11-4-2-10(16)3-5-11/h2-6H,7-8H2,1H3,(H,17,20)(H,18,21). The minimum Gasteiger partial charge on any atom is -0.484 e. The number of nitrogens with one attached hydrogen (secondary N) is 2. The molecule has 1 aromatic carbocycles. The second-order valence-electron chi connectivity index (χ2n) is 4.75. The van der Waals surface area contributed by atoms with Gasteiger partial charge in [0.05, 0.1) is 5.69 Å². The number of esters is 1. The molecular weight excluding hydrogens is 398 g/mol. The summed E-state index contributed by atoms with van der Waals surface area (Å²) in [4.78, 5) is 34.6. The smallest absolute Gasteiger partial charge is 0.377 e. The number of benzene rings is 1. The molecule has 0 atom stereocenters. The maximum absolute atomic E-state index is 11.6. The molecule has 132 valence electrons. The molecule has 0 bridgehead atoms. The van der Waals surface area contributed by atoms with Gasteiger partial charge in [-0.3, -0.25) is 20.4 Å². The summed E-state index contributed by atoms with van der Waals surface area (Å²) in [6, 6.07) is 8.27. The molecule has 0 saturated heterocycles. The molecule has 0 spiro atoms. The van der Waals surface area contributed by atoms with E-state index in [1.165, 1.54) is 6.07 Å². The van der Waals surface area contributed by atoms with E-state index < -0.39 is 24.4 Å². The van der Waals surface area contributed by atoms with Crippen molar-refractivity contribution in [3.05, 3.63) is 46.3 Å². The van der Waals surface area contributed by atoms with Gasteiger partial charge in [0.25, 0.3) is 11.8 Å². The monoisotopic (exact) mass is 411 g/mol. The number of hydrogen-bond donors (Lipinski definition) is 2. The summed E-state index contributed by atoms with van der Waals surface area (Å²) < 4.78 is 15.5. The molecule has 0 unspecified atom stereocenters. The van der Waals surface area contributed by atoms with Gasteiger partial charge in [-0.1, -0.05) is 21.1 Å². The molecule has 9 nitrogen and oxygen atoms in total. The Morgan fingerprint density at radius 1 is 1.12 bits per heavy atom. The van der Waals surface area contributed by atoms with Crippen LogP contribution < -0.4 is 15.6 Å². The van der Waals surface area contributed by atoms with Crippen molar-refractivity contribution < 1.29 is 28.4 Å². The number of hydrazine groups is 1. The molecule has 1 aromatic heterocycles. The van der Waals surface area contributed by atoms with E-state index in [0.29, 0.717) is 11.4 Å². The second kappa shape index (κ2) is 8.83. The highest BCUT2D eigenvalue weighted by atomic mass is 79.9. The van der Waals surface area contributed by atoms with Crippen LogP contribution in [-0.4, -0.2) is 36.2 Å². The zero-order valence-electron chi connectivity index (χ0n) is 13.1.